The highest BCUT2D eigenvalue weighted by Crippen LogP contribution is 2.14. The van der Waals surface area contributed by atoms with E-state index in [1.807, 2.05) is 86.6 Å². The number of nitrogens with two attached hydrogens (primary N) is 1. The van der Waals surface area contributed by atoms with Crippen LogP contribution < -0.4 is 27.1 Å². The largest absolute Gasteiger partial charge is 0.445 e. The van der Waals surface area contributed by atoms with Crippen LogP contribution in [0.25, 0.3) is 10.9 Å². The SMILES string of the molecule is CC(C)CN(C[C@H](O)[C@H](Cc1ccccc1)NC(=O)[C@H](CC(N)=O)NC(=O)c1ccc2ccccc2n1)NC(=O)C(NC(=O)OCc1ccccc1)C(C)C. The number of primary amides is 1. The second-order valence-corrected chi connectivity index (χ2v) is 14.2. The van der Waals surface area contributed by atoms with Gasteiger partial charge in [0, 0.05) is 18.5 Å². The lowest BCUT2D eigenvalue weighted by Crippen LogP contribution is -2.59. The number of nitrogens with one attached hydrogen (secondary N) is 4. The number of carbonyl (C=O) groups excluding carboxylic acids is 5. The Kier molecular flexibility index (Phi) is 15.7. The Bertz CT molecular complexity index is 1890. The molecule has 55 heavy (non-hydrogen) atoms. The molecule has 4 aromatic rings. The van der Waals surface area contributed by atoms with Crippen molar-refractivity contribution in [3.05, 3.63) is 114 Å². The maximum absolute atomic E-state index is 13.8. The minimum absolute atomic E-state index is 0.0314. The number of para-hydroxylation sites is 1. The maximum atomic E-state index is 13.8. The van der Waals surface area contributed by atoms with Gasteiger partial charge in [0.2, 0.25) is 11.8 Å². The van der Waals surface area contributed by atoms with Gasteiger partial charge in [-0.3, -0.25) is 24.6 Å². The van der Waals surface area contributed by atoms with Gasteiger partial charge in [-0.1, -0.05) is 113 Å². The third-order valence-electron chi connectivity index (χ3n) is 8.65. The number of benzene rings is 3. The maximum Gasteiger partial charge on any atom is 0.408 e. The van der Waals surface area contributed by atoms with Gasteiger partial charge in [0.1, 0.15) is 24.4 Å². The molecule has 0 bridgehead atoms. The topological polar surface area (TPSA) is 205 Å². The smallest absolute Gasteiger partial charge is 0.408 e. The van der Waals surface area contributed by atoms with Crippen molar-refractivity contribution in [3.63, 3.8) is 0 Å². The minimum Gasteiger partial charge on any atom is -0.445 e. The monoisotopic (exact) mass is 753 g/mol. The van der Waals surface area contributed by atoms with Gasteiger partial charge in [0.15, 0.2) is 0 Å². The highest BCUT2D eigenvalue weighted by atomic mass is 16.5. The van der Waals surface area contributed by atoms with Crippen LogP contribution >= 0.6 is 0 Å². The van der Waals surface area contributed by atoms with Gasteiger partial charge in [-0.05, 0) is 41.5 Å². The number of amides is 5. The number of aliphatic hydroxyl groups excluding tert-OH is 1. The zero-order valence-electron chi connectivity index (χ0n) is 31.6. The van der Waals surface area contributed by atoms with Gasteiger partial charge in [-0.25, -0.2) is 14.8 Å². The van der Waals surface area contributed by atoms with Crippen molar-refractivity contribution in [1.29, 1.82) is 0 Å². The first kappa shape index (κ1) is 41.9. The predicted octanol–water partition coefficient (Wildman–Crippen LogP) is 3.24. The Hall–Kier alpha value is -5.86. The molecule has 14 heteroatoms. The Morgan fingerprint density at radius 2 is 1.40 bits per heavy atom. The van der Waals surface area contributed by atoms with Crippen LogP contribution in [0.4, 0.5) is 4.79 Å². The molecule has 292 valence electrons. The van der Waals surface area contributed by atoms with Crippen LogP contribution in [0, 0.1) is 11.8 Å². The fourth-order valence-electron chi connectivity index (χ4n) is 5.88. The molecule has 4 rings (SSSR count). The lowest BCUT2D eigenvalue weighted by atomic mass is 9.99. The van der Waals surface area contributed by atoms with Crippen LogP contribution in [0.15, 0.2) is 97.1 Å². The van der Waals surface area contributed by atoms with Gasteiger partial charge < -0.3 is 31.5 Å². The van der Waals surface area contributed by atoms with Crippen molar-refractivity contribution in [1.82, 2.24) is 31.4 Å². The van der Waals surface area contributed by atoms with E-state index in [1.165, 1.54) is 6.07 Å². The van der Waals surface area contributed by atoms with E-state index in [4.69, 9.17) is 10.5 Å². The zero-order valence-corrected chi connectivity index (χ0v) is 31.6. The summed E-state index contributed by atoms with van der Waals surface area (Å²) < 4.78 is 5.34. The number of carbonyl (C=O) groups is 5. The fraction of sp³-hybridized carbons (Fsp3) is 0.366. The molecule has 0 aliphatic heterocycles. The molecular weight excluding hydrogens is 702 g/mol. The summed E-state index contributed by atoms with van der Waals surface area (Å²) in [4.78, 5) is 69.9. The molecule has 0 saturated carbocycles. The van der Waals surface area contributed by atoms with Gasteiger partial charge in [0.05, 0.1) is 24.1 Å². The first-order valence-corrected chi connectivity index (χ1v) is 18.3. The summed E-state index contributed by atoms with van der Waals surface area (Å²) in [7, 11) is 0. The van der Waals surface area contributed by atoms with Gasteiger partial charge in [-0.15, -0.1) is 0 Å². The van der Waals surface area contributed by atoms with Crippen molar-refractivity contribution >= 4 is 40.6 Å². The Morgan fingerprint density at radius 1 is 0.764 bits per heavy atom. The molecular formula is C41H51N7O7. The second-order valence-electron chi connectivity index (χ2n) is 14.2. The van der Waals surface area contributed by atoms with Crippen molar-refractivity contribution < 1.29 is 33.8 Å². The molecule has 0 saturated heterocycles. The number of ether oxygens (including phenoxy) is 1. The van der Waals surface area contributed by atoms with Crippen molar-refractivity contribution in [2.45, 2.75) is 71.4 Å². The number of hydrogen-bond donors (Lipinski definition) is 6. The molecule has 1 aromatic heterocycles. The van der Waals surface area contributed by atoms with E-state index in [2.05, 4.69) is 26.4 Å². The van der Waals surface area contributed by atoms with Gasteiger partial charge in [0.25, 0.3) is 11.8 Å². The lowest BCUT2D eigenvalue weighted by Gasteiger charge is -2.33. The number of rotatable bonds is 19. The fourth-order valence-corrected chi connectivity index (χ4v) is 5.88. The molecule has 1 heterocycles. The minimum atomic E-state index is -1.38. The Labute approximate surface area is 321 Å². The van der Waals surface area contributed by atoms with Crippen LogP contribution in [0.5, 0.6) is 0 Å². The average Bonchev–Trinajstić information content (AvgIpc) is 3.15. The molecule has 4 atom stereocenters. The molecule has 0 spiro atoms. The highest BCUT2D eigenvalue weighted by Gasteiger charge is 2.32. The Balaban J connectivity index is 1.49. The van der Waals surface area contributed by atoms with Crippen molar-refractivity contribution in [2.24, 2.45) is 17.6 Å². The quantitative estimate of drug-likeness (QED) is 0.0777. The van der Waals surface area contributed by atoms with Crippen LogP contribution in [0.1, 0.15) is 55.7 Å². The van der Waals surface area contributed by atoms with E-state index >= 15 is 0 Å². The molecule has 0 aliphatic carbocycles. The number of pyridine rings is 1. The molecule has 0 radical (unpaired) electrons. The van der Waals surface area contributed by atoms with Gasteiger partial charge >= 0.3 is 6.09 Å². The van der Waals surface area contributed by atoms with Crippen molar-refractivity contribution in [2.75, 3.05) is 13.1 Å². The lowest BCUT2D eigenvalue weighted by molar-refractivity contribution is -0.131. The van der Waals surface area contributed by atoms with E-state index in [9.17, 15) is 29.1 Å². The molecule has 5 amide bonds. The van der Waals surface area contributed by atoms with Gasteiger partial charge in [-0.2, -0.15) is 0 Å². The number of nitrogens with zero attached hydrogens (tertiary/aromatic N) is 2. The van der Waals surface area contributed by atoms with Crippen LogP contribution in [0.2, 0.25) is 0 Å². The zero-order chi connectivity index (χ0) is 39.9. The number of fused-ring (bicyclic) bond motifs is 1. The van der Waals surface area contributed by atoms with E-state index in [0.29, 0.717) is 12.1 Å². The van der Waals surface area contributed by atoms with E-state index in [-0.39, 0.29) is 37.1 Å². The summed E-state index contributed by atoms with van der Waals surface area (Å²) in [6.07, 6.45) is -2.36. The normalized spacial score (nSPS) is 13.5. The third-order valence-corrected chi connectivity index (χ3v) is 8.65. The molecule has 0 fully saturated rings. The average molecular weight is 754 g/mol. The van der Waals surface area contributed by atoms with E-state index in [0.717, 1.165) is 16.5 Å². The summed E-state index contributed by atoms with van der Waals surface area (Å²) in [6.45, 7) is 7.67. The summed E-state index contributed by atoms with van der Waals surface area (Å²) in [5.74, 6) is -3.05. The standard InChI is InChI=1S/C41H51N7O7/c1-26(2)23-48(47-40(53)37(27(3)4)46-41(54)55-25-29-15-9-6-10-16-29)24-35(49)33(21-28-13-7-5-8-14-28)44-39(52)34(22-36(42)50)45-38(51)32-20-19-30-17-11-12-18-31(30)43-32/h5-20,26-27,33-35,37,49H,21-25H2,1-4H3,(H2,42,50)(H,44,52)(H,45,51)(H,46,54)(H,47,53)/t33-,34-,35-,37?/m0/s1. The van der Waals surface area contributed by atoms with Crippen molar-refractivity contribution in [3.8, 4) is 0 Å². The number of aromatic nitrogens is 1. The first-order valence-electron chi connectivity index (χ1n) is 18.3. The summed E-state index contributed by atoms with van der Waals surface area (Å²) in [5.41, 5.74) is 10.5. The first-order chi connectivity index (χ1) is 26.3. The van der Waals surface area contributed by atoms with E-state index < -0.39 is 60.4 Å². The molecule has 1 unspecified atom stereocenters. The highest BCUT2D eigenvalue weighted by molar-refractivity contribution is 5.99. The molecule has 14 nitrogen and oxygen atoms in total. The Morgan fingerprint density at radius 3 is 2.04 bits per heavy atom. The van der Waals surface area contributed by atoms with Crippen LogP contribution in [-0.2, 0) is 32.1 Å². The second kappa shape index (κ2) is 20.6. The third kappa shape index (κ3) is 13.5. The number of aliphatic hydroxyl groups is 1. The molecule has 0 aliphatic rings. The molecule has 3 aromatic carbocycles. The van der Waals surface area contributed by atoms with E-state index in [1.54, 1.807) is 37.1 Å². The number of alkyl carbamates (subject to hydrolysis) is 1. The van der Waals surface area contributed by atoms with Crippen LogP contribution in [-0.4, -0.2) is 82.1 Å². The number of hydrazine groups is 1. The predicted molar refractivity (Wildman–Crippen MR) is 208 cm³/mol. The summed E-state index contributed by atoms with van der Waals surface area (Å²) in [5, 5.41) is 22.1. The summed E-state index contributed by atoms with van der Waals surface area (Å²) in [6, 6.07) is 25.5. The summed E-state index contributed by atoms with van der Waals surface area (Å²) >= 11 is 0. The number of hydrogen-bond acceptors (Lipinski definition) is 9. The van der Waals surface area contributed by atoms with Crippen LogP contribution in [0.3, 0.4) is 0 Å². The molecule has 7 N–H and O–H groups in total.